The van der Waals surface area contributed by atoms with Crippen LogP contribution < -0.4 is 10.7 Å². The highest BCUT2D eigenvalue weighted by molar-refractivity contribution is 5.86. The van der Waals surface area contributed by atoms with E-state index in [0.29, 0.717) is 12.4 Å². The number of aliphatic imine (C=N–C) groups is 1. The number of halogens is 4. The maximum atomic E-state index is 13.1. The normalized spacial score (nSPS) is 16.6. The standard InChI is InChI=1S/C12H14F4N4/c1-20-5-4-17-11(19-20)7-18-8-2-3-10(13)9(6-8)12(14,15)16/h2-3,6,18H,4-5,7H2,1H3,(H,17,19). The average Bonchev–Trinajstić information content (AvgIpc) is 2.36. The number of alkyl halides is 3. The summed E-state index contributed by atoms with van der Waals surface area (Å²) in [5, 5.41) is 4.62. The predicted octanol–water partition coefficient (Wildman–Crippen LogP) is 2.10. The van der Waals surface area contributed by atoms with Gasteiger partial charge in [0, 0.05) is 19.3 Å². The summed E-state index contributed by atoms with van der Waals surface area (Å²) in [7, 11) is 1.84. The maximum Gasteiger partial charge on any atom is 0.419 e. The van der Waals surface area contributed by atoms with Gasteiger partial charge in [0.25, 0.3) is 0 Å². The van der Waals surface area contributed by atoms with Gasteiger partial charge in [-0.2, -0.15) is 13.2 Å². The van der Waals surface area contributed by atoms with Crippen LogP contribution in [0.5, 0.6) is 0 Å². The molecule has 8 heteroatoms. The molecule has 1 aromatic rings. The molecule has 1 aromatic carbocycles. The van der Waals surface area contributed by atoms with Gasteiger partial charge in [0.1, 0.15) is 11.7 Å². The Balaban J connectivity index is 2.05. The molecule has 0 fully saturated rings. The van der Waals surface area contributed by atoms with Gasteiger partial charge in [-0.05, 0) is 18.2 Å². The van der Waals surface area contributed by atoms with Crippen molar-refractivity contribution in [2.24, 2.45) is 4.99 Å². The van der Waals surface area contributed by atoms with Crippen molar-refractivity contribution in [3.63, 3.8) is 0 Å². The zero-order valence-corrected chi connectivity index (χ0v) is 10.8. The second-order valence-corrected chi connectivity index (χ2v) is 4.41. The smallest absolute Gasteiger partial charge is 0.378 e. The zero-order chi connectivity index (χ0) is 14.8. The largest absolute Gasteiger partial charge is 0.419 e. The van der Waals surface area contributed by atoms with Crippen molar-refractivity contribution in [1.29, 1.82) is 0 Å². The molecule has 20 heavy (non-hydrogen) atoms. The lowest BCUT2D eigenvalue weighted by molar-refractivity contribution is -0.139. The number of anilines is 1. The van der Waals surface area contributed by atoms with Crippen molar-refractivity contribution < 1.29 is 17.6 Å². The summed E-state index contributed by atoms with van der Waals surface area (Å²) in [6.45, 7) is 1.63. The molecule has 2 rings (SSSR count). The van der Waals surface area contributed by atoms with E-state index < -0.39 is 17.6 Å². The van der Waals surface area contributed by atoms with Gasteiger partial charge in [0.05, 0.1) is 18.7 Å². The summed E-state index contributed by atoms with van der Waals surface area (Å²) in [6.07, 6.45) is -4.71. The molecule has 110 valence electrons. The van der Waals surface area contributed by atoms with Gasteiger partial charge >= 0.3 is 6.18 Å². The van der Waals surface area contributed by atoms with Crippen LogP contribution in [0, 0.1) is 5.82 Å². The van der Waals surface area contributed by atoms with Crippen LogP contribution in [0.1, 0.15) is 5.56 Å². The van der Waals surface area contributed by atoms with Crippen LogP contribution in [-0.4, -0.2) is 37.5 Å². The number of hydrogen-bond acceptors (Lipinski definition) is 4. The van der Waals surface area contributed by atoms with E-state index in [-0.39, 0.29) is 12.2 Å². The van der Waals surface area contributed by atoms with E-state index in [1.54, 1.807) is 0 Å². The highest BCUT2D eigenvalue weighted by Gasteiger charge is 2.34. The topological polar surface area (TPSA) is 39.7 Å². The zero-order valence-electron chi connectivity index (χ0n) is 10.8. The van der Waals surface area contributed by atoms with Crippen molar-refractivity contribution in [1.82, 2.24) is 10.4 Å². The Hall–Kier alpha value is -1.83. The third-order valence-electron chi connectivity index (χ3n) is 2.79. The number of amidine groups is 1. The number of likely N-dealkylation sites (N-methyl/N-ethyl adjacent to an activating group) is 1. The summed E-state index contributed by atoms with van der Waals surface area (Å²) in [4.78, 5) is 4.19. The minimum Gasteiger partial charge on any atom is -0.378 e. The van der Waals surface area contributed by atoms with E-state index in [1.807, 2.05) is 12.1 Å². The quantitative estimate of drug-likeness (QED) is 0.838. The van der Waals surface area contributed by atoms with Crippen LogP contribution in [0.15, 0.2) is 23.2 Å². The van der Waals surface area contributed by atoms with E-state index in [0.717, 1.165) is 18.7 Å². The first-order valence-electron chi connectivity index (χ1n) is 5.98. The van der Waals surface area contributed by atoms with Gasteiger partial charge < -0.3 is 10.7 Å². The molecule has 1 heterocycles. The molecule has 0 amide bonds. The summed E-state index contributed by atoms with van der Waals surface area (Å²) in [5.74, 6) is -0.660. The molecule has 1 aliphatic heterocycles. The monoisotopic (exact) mass is 290 g/mol. The SMILES string of the molecule is CN1CCN=C(CNc2ccc(F)c(C(F)(F)F)c2)N1. The number of rotatable bonds is 3. The van der Waals surface area contributed by atoms with Gasteiger partial charge in [0.2, 0.25) is 0 Å². The summed E-state index contributed by atoms with van der Waals surface area (Å²) in [5.41, 5.74) is 1.88. The van der Waals surface area contributed by atoms with Crippen molar-refractivity contribution in [3.05, 3.63) is 29.6 Å². The van der Waals surface area contributed by atoms with E-state index in [4.69, 9.17) is 0 Å². The Morgan fingerprint density at radius 1 is 1.40 bits per heavy atom. The molecule has 4 nitrogen and oxygen atoms in total. The Kier molecular flexibility index (Phi) is 4.12. The minimum absolute atomic E-state index is 0.191. The molecule has 0 unspecified atom stereocenters. The first-order valence-corrected chi connectivity index (χ1v) is 5.98. The van der Waals surface area contributed by atoms with Crippen LogP contribution in [-0.2, 0) is 6.18 Å². The molecule has 0 saturated heterocycles. The highest BCUT2D eigenvalue weighted by Crippen LogP contribution is 2.32. The van der Waals surface area contributed by atoms with Gasteiger partial charge in [-0.25, -0.2) is 9.40 Å². The second kappa shape index (κ2) is 5.66. The lowest BCUT2D eigenvalue weighted by atomic mass is 10.2. The molecule has 0 radical (unpaired) electrons. The lowest BCUT2D eigenvalue weighted by Crippen LogP contribution is -2.47. The van der Waals surface area contributed by atoms with Gasteiger partial charge in [-0.1, -0.05) is 0 Å². The lowest BCUT2D eigenvalue weighted by Gasteiger charge is -2.24. The molecule has 0 atom stereocenters. The fraction of sp³-hybridized carbons (Fsp3) is 0.417. The molecule has 2 N–H and O–H groups in total. The van der Waals surface area contributed by atoms with Gasteiger partial charge in [-0.15, -0.1) is 0 Å². The number of nitrogens with one attached hydrogen (secondary N) is 2. The number of hydrogen-bond donors (Lipinski definition) is 2. The molecule has 1 aliphatic rings. The Morgan fingerprint density at radius 3 is 2.80 bits per heavy atom. The third kappa shape index (κ3) is 3.60. The van der Waals surface area contributed by atoms with E-state index in [9.17, 15) is 17.6 Å². The Morgan fingerprint density at radius 2 is 2.15 bits per heavy atom. The molecule has 0 aliphatic carbocycles. The summed E-state index contributed by atoms with van der Waals surface area (Å²) in [6, 6.07) is 2.81. The Bertz CT molecular complexity index is 513. The number of benzene rings is 1. The van der Waals surface area contributed by atoms with Crippen molar-refractivity contribution in [3.8, 4) is 0 Å². The first kappa shape index (κ1) is 14.6. The average molecular weight is 290 g/mol. The van der Waals surface area contributed by atoms with E-state index in [2.05, 4.69) is 15.7 Å². The van der Waals surface area contributed by atoms with Gasteiger partial charge in [0.15, 0.2) is 0 Å². The molecular weight excluding hydrogens is 276 g/mol. The third-order valence-corrected chi connectivity index (χ3v) is 2.79. The first-order chi connectivity index (χ1) is 9.36. The fourth-order valence-electron chi connectivity index (χ4n) is 1.78. The van der Waals surface area contributed by atoms with Crippen LogP contribution in [0.25, 0.3) is 0 Å². The number of hydrazine groups is 1. The van der Waals surface area contributed by atoms with Crippen LogP contribution in [0.2, 0.25) is 0 Å². The molecule has 0 aromatic heterocycles. The van der Waals surface area contributed by atoms with E-state index >= 15 is 0 Å². The van der Waals surface area contributed by atoms with Crippen LogP contribution in [0.3, 0.4) is 0 Å². The molecular formula is C12H14F4N4. The number of nitrogens with zero attached hydrogens (tertiary/aromatic N) is 2. The predicted molar refractivity (Wildman–Crippen MR) is 68.0 cm³/mol. The molecule has 0 spiro atoms. The van der Waals surface area contributed by atoms with E-state index in [1.165, 1.54) is 6.07 Å². The second-order valence-electron chi connectivity index (χ2n) is 4.41. The van der Waals surface area contributed by atoms with Crippen molar-refractivity contribution in [2.75, 3.05) is 32.0 Å². The minimum atomic E-state index is -4.71. The summed E-state index contributed by atoms with van der Waals surface area (Å²) < 4.78 is 50.8. The highest BCUT2D eigenvalue weighted by atomic mass is 19.4. The van der Waals surface area contributed by atoms with Gasteiger partial charge in [-0.3, -0.25) is 4.99 Å². The molecule has 0 bridgehead atoms. The Labute approximate surface area is 113 Å². The molecule has 0 saturated carbocycles. The summed E-state index contributed by atoms with van der Waals surface area (Å²) >= 11 is 0. The van der Waals surface area contributed by atoms with Crippen LogP contribution in [0.4, 0.5) is 23.2 Å². The van der Waals surface area contributed by atoms with Crippen LogP contribution >= 0.6 is 0 Å². The van der Waals surface area contributed by atoms with Crippen molar-refractivity contribution >= 4 is 11.5 Å². The van der Waals surface area contributed by atoms with Crippen molar-refractivity contribution in [2.45, 2.75) is 6.18 Å². The maximum absolute atomic E-state index is 13.1. The fourth-order valence-corrected chi connectivity index (χ4v) is 1.78.